The molecule has 0 radical (unpaired) electrons. The van der Waals surface area contributed by atoms with Gasteiger partial charge in [0.1, 0.15) is 0 Å². The van der Waals surface area contributed by atoms with Crippen molar-refractivity contribution in [3.8, 4) is 0 Å². The maximum absolute atomic E-state index is 10.4. The Hall–Kier alpha value is -1.14. The van der Waals surface area contributed by atoms with Crippen molar-refractivity contribution in [2.24, 2.45) is 0 Å². The topological polar surface area (TPSA) is 55.4 Å². The minimum absolute atomic E-state index is 0.531. The molecule has 1 unspecified atom stereocenters. The van der Waals surface area contributed by atoms with Crippen molar-refractivity contribution in [1.82, 2.24) is 20.0 Å². The van der Waals surface area contributed by atoms with Crippen LogP contribution in [0.5, 0.6) is 0 Å². The summed E-state index contributed by atoms with van der Waals surface area (Å²) in [5.74, 6) is 0. The van der Waals surface area contributed by atoms with Crippen LogP contribution in [0.3, 0.4) is 0 Å². The number of H-pyrrole nitrogens is 1. The standard InChI is InChI=1S/C15H21ClN4O/c1-19-6-8-20(9-7-19)5-4-14(21)11-2-3-13-12(15(11)16)10-17-18-13/h2-3,10,14,21H,4-9H2,1H3,(H,17,18). The number of hydrogen-bond donors (Lipinski definition) is 2. The molecule has 6 heteroatoms. The molecule has 1 saturated heterocycles. The van der Waals surface area contributed by atoms with Gasteiger partial charge in [-0.15, -0.1) is 0 Å². The van der Waals surface area contributed by atoms with Gasteiger partial charge < -0.3 is 14.9 Å². The number of nitrogens with zero attached hydrogens (tertiary/aromatic N) is 3. The Morgan fingerprint density at radius 3 is 2.86 bits per heavy atom. The van der Waals surface area contributed by atoms with E-state index in [1.165, 1.54) is 0 Å². The molecule has 0 bridgehead atoms. The van der Waals surface area contributed by atoms with Gasteiger partial charge in [-0.1, -0.05) is 17.7 Å². The molecule has 1 aliphatic rings. The molecule has 21 heavy (non-hydrogen) atoms. The van der Waals surface area contributed by atoms with Gasteiger partial charge in [-0.2, -0.15) is 5.10 Å². The number of hydrogen-bond acceptors (Lipinski definition) is 4. The number of aromatic nitrogens is 2. The van der Waals surface area contributed by atoms with Gasteiger partial charge >= 0.3 is 0 Å². The lowest BCUT2D eigenvalue weighted by atomic mass is 10.0. The summed E-state index contributed by atoms with van der Waals surface area (Å²) in [5, 5.41) is 18.8. The molecule has 1 aromatic carbocycles. The molecule has 1 fully saturated rings. The van der Waals surface area contributed by atoms with Crippen molar-refractivity contribution in [3.05, 3.63) is 28.9 Å². The average Bonchev–Trinajstić information content (AvgIpc) is 2.96. The molecular formula is C15H21ClN4O. The highest BCUT2D eigenvalue weighted by Gasteiger charge is 2.18. The monoisotopic (exact) mass is 308 g/mol. The SMILES string of the molecule is CN1CCN(CCC(O)c2ccc3[nH]ncc3c2Cl)CC1. The number of benzene rings is 1. The number of rotatable bonds is 4. The third kappa shape index (κ3) is 3.21. The minimum Gasteiger partial charge on any atom is -0.388 e. The van der Waals surface area contributed by atoms with Crippen LogP contribution in [0.15, 0.2) is 18.3 Å². The molecule has 114 valence electrons. The fraction of sp³-hybridized carbons (Fsp3) is 0.533. The lowest BCUT2D eigenvalue weighted by Crippen LogP contribution is -2.44. The van der Waals surface area contributed by atoms with Crippen molar-refractivity contribution in [1.29, 1.82) is 0 Å². The van der Waals surface area contributed by atoms with E-state index in [0.29, 0.717) is 11.4 Å². The largest absolute Gasteiger partial charge is 0.388 e. The molecule has 0 amide bonds. The van der Waals surface area contributed by atoms with Crippen molar-refractivity contribution in [3.63, 3.8) is 0 Å². The second-order valence-corrected chi connectivity index (χ2v) is 6.13. The fourth-order valence-corrected chi connectivity index (χ4v) is 3.13. The Morgan fingerprint density at radius 1 is 1.33 bits per heavy atom. The Labute approximate surface area is 129 Å². The van der Waals surface area contributed by atoms with Crippen molar-refractivity contribution in [2.45, 2.75) is 12.5 Å². The maximum Gasteiger partial charge on any atom is 0.0816 e. The maximum atomic E-state index is 10.4. The zero-order valence-electron chi connectivity index (χ0n) is 12.2. The molecule has 1 aromatic heterocycles. The number of piperazine rings is 1. The first-order chi connectivity index (χ1) is 10.1. The summed E-state index contributed by atoms with van der Waals surface area (Å²) < 4.78 is 0. The summed E-state index contributed by atoms with van der Waals surface area (Å²) in [6.07, 6.45) is 1.87. The lowest BCUT2D eigenvalue weighted by Gasteiger charge is -2.32. The number of aliphatic hydroxyl groups excluding tert-OH is 1. The van der Waals surface area contributed by atoms with E-state index < -0.39 is 6.10 Å². The number of nitrogens with one attached hydrogen (secondary N) is 1. The summed E-state index contributed by atoms with van der Waals surface area (Å²) >= 11 is 6.38. The molecule has 2 heterocycles. The van der Waals surface area contributed by atoms with Crippen molar-refractivity contribution >= 4 is 22.5 Å². The lowest BCUT2D eigenvalue weighted by molar-refractivity contribution is 0.113. The Kier molecular flexibility index (Phi) is 4.45. The van der Waals surface area contributed by atoms with E-state index in [1.807, 2.05) is 12.1 Å². The zero-order valence-corrected chi connectivity index (χ0v) is 13.0. The molecule has 5 nitrogen and oxygen atoms in total. The molecule has 0 spiro atoms. The zero-order chi connectivity index (χ0) is 14.8. The minimum atomic E-state index is -0.531. The smallest absolute Gasteiger partial charge is 0.0816 e. The van der Waals surface area contributed by atoms with E-state index in [2.05, 4.69) is 27.0 Å². The number of aliphatic hydroxyl groups is 1. The quantitative estimate of drug-likeness (QED) is 0.905. The van der Waals surface area contributed by atoms with Crippen molar-refractivity contribution in [2.75, 3.05) is 39.8 Å². The van der Waals surface area contributed by atoms with Crippen LogP contribution in [-0.2, 0) is 0 Å². The van der Waals surface area contributed by atoms with Gasteiger partial charge in [0.25, 0.3) is 0 Å². The molecule has 2 aromatic rings. The fourth-order valence-electron chi connectivity index (χ4n) is 2.79. The highest BCUT2D eigenvalue weighted by molar-refractivity contribution is 6.36. The molecule has 0 saturated carbocycles. The first-order valence-electron chi connectivity index (χ1n) is 7.35. The predicted octanol–water partition coefficient (Wildman–Crippen LogP) is 1.89. The molecule has 3 rings (SSSR count). The molecule has 0 aliphatic carbocycles. The van der Waals surface area contributed by atoms with E-state index in [1.54, 1.807) is 6.20 Å². The van der Waals surface area contributed by atoms with Crippen LogP contribution in [0.1, 0.15) is 18.1 Å². The Morgan fingerprint density at radius 2 is 2.10 bits per heavy atom. The summed E-state index contributed by atoms with van der Waals surface area (Å²) in [6.45, 7) is 5.22. The van der Waals surface area contributed by atoms with Crippen LogP contribution in [0, 0.1) is 0 Å². The first-order valence-corrected chi connectivity index (χ1v) is 7.73. The van der Waals surface area contributed by atoms with E-state index in [9.17, 15) is 5.11 Å². The van der Waals surface area contributed by atoms with Crippen LogP contribution in [0.2, 0.25) is 5.02 Å². The third-order valence-electron chi connectivity index (χ3n) is 4.26. The van der Waals surface area contributed by atoms with Gasteiger partial charge in [0.05, 0.1) is 22.8 Å². The van der Waals surface area contributed by atoms with Gasteiger partial charge in [0.15, 0.2) is 0 Å². The third-order valence-corrected chi connectivity index (χ3v) is 4.68. The second-order valence-electron chi connectivity index (χ2n) is 5.75. The molecule has 1 atom stereocenters. The van der Waals surface area contributed by atoms with E-state index in [4.69, 9.17) is 11.6 Å². The normalized spacial score (nSPS) is 19.2. The Balaban J connectivity index is 1.64. The van der Waals surface area contributed by atoms with Gasteiger partial charge in [-0.3, -0.25) is 5.10 Å². The van der Waals surface area contributed by atoms with Crippen LogP contribution in [0.25, 0.3) is 10.9 Å². The summed E-state index contributed by atoms with van der Waals surface area (Å²) in [5.41, 5.74) is 1.69. The average molecular weight is 309 g/mol. The van der Waals surface area contributed by atoms with Gasteiger partial charge in [-0.05, 0) is 25.1 Å². The number of fused-ring (bicyclic) bond motifs is 1. The molecule has 1 aliphatic heterocycles. The van der Waals surface area contributed by atoms with Crippen molar-refractivity contribution < 1.29 is 5.11 Å². The van der Waals surface area contributed by atoms with Crippen LogP contribution in [0.4, 0.5) is 0 Å². The van der Waals surface area contributed by atoms with Gasteiger partial charge in [0.2, 0.25) is 0 Å². The van der Waals surface area contributed by atoms with E-state index >= 15 is 0 Å². The highest BCUT2D eigenvalue weighted by Crippen LogP contribution is 2.31. The first kappa shape index (κ1) is 14.8. The Bertz CT molecular complexity index is 607. The summed E-state index contributed by atoms with van der Waals surface area (Å²) in [6, 6.07) is 3.81. The van der Waals surface area contributed by atoms with E-state index in [-0.39, 0.29) is 0 Å². The number of aromatic amines is 1. The van der Waals surface area contributed by atoms with Crippen LogP contribution < -0.4 is 0 Å². The van der Waals surface area contributed by atoms with Crippen LogP contribution in [-0.4, -0.2) is 64.9 Å². The summed E-state index contributed by atoms with van der Waals surface area (Å²) in [7, 11) is 2.14. The number of likely N-dealkylation sites (N-methyl/N-ethyl adjacent to an activating group) is 1. The molecular weight excluding hydrogens is 288 g/mol. The highest BCUT2D eigenvalue weighted by atomic mass is 35.5. The number of halogens is 1. The van der Waals surface area contributed by atoms with Gasteiger partial charge in [0, 0.05) is 38.1 Å². The van der Waals surface area contributed by atoms with Gasteiger partial charge in [-0.25, -0.2) is 0 Å². The summed E-state index contributed by atoms with van der Waals surface area (Å²) in [4.78, 5) is 4.73. The van der Waals surface area contributed by atoms with E-state index in [0.717, 1.165) is 49.2 Å². The second kappa shape index (κ2) is 6.32. The molecule has 2 N–H and O–H groups in total. The predicted molar refractivity (Wildman–Crippen MR) is 84.6 cm³/mol. The van der Waals surface area contributed by atoms with Crippen LogP contribution >= 0.6 is 11.6 Å².